The van der Waals surface area contributed by atoms with Gasteiger partial charge in [0, 0.05) is 44.1 Å². The summed E-state index contributed by atoms with van der Waals surface area (Å²) in [6, 6.07) is 14.4. The van der Waals surface area contributed by atoms with Crippen molar-refractivity contribution in [1.82, 2.24) is 9.47 Å². The van der Waals surface area contributed by atoms with Crippen LogP contribution >= 0.6 is 0 Å². The zero-order chi connectivity index (χ0) is 25.4. The minimum Gasteiger partial charge on any atom is -0.495 e. The lowest BCUT2D eigenvalue weighted by atomic mass is 10.2. The molecule has 10 heteroatoms. The Morgan fingerprint density at radius 1 is 1.00 bits per heavy atom. The number of nitrogens with zero attached hydrogens (tertiary/aromatic N) is 3. The van der Waals surface area contributed by atoms with E-state index in [0.29, 0.717) is 37.6 Å². The lowest BCUT2D eigenvalue weighted by Gasteiger charge is -2.37. The minimum atomic E-state index is -3.83. The Hall–Kier alpha value is -3.40. The van der Waals surface area contributed by atoms with Gasteiger partial charge in [-0.2, -0.15) is 8.42 Å². The van der Waals surface area contributed by atoms with Gasteiger partial charge in [0.15, 0.2) is 5.03 Å². The van der Waals surface area contributed by atoms with Crippen molar-refractivity contribution < 1.29 is 22.7 Å². The highest BCUT2D eigenvalue weighted by Gasteiger charge is 2.27. The molecule has 0 unspecified atom stereocenters. The number of carbonyl (C=O) groups is 1. The lowest BCUT2D eigenvalue weighted by Crippen LogP contribution is -2.50. The molecule has 1 N–H and O–H groups in total. The van der Waals surface area contributed by atoms with Crippen LogP contribution in [0.4, 0.5) is 16.2 Å². The minimum absolute atomic E-state index is 0.182. The van der Waals surface area contributed by atoms with Crippen LogP contribution in [0.1, 0.15) is 20.8 Å². The number of methoxy groups -OCH3 is 1. The molecule has 0 bridgehead atoms. The molecule has 4 rings (SSSR count). The highest BCUT2D eigenvalue weighted by atomic mass is 32.2. The summed E-state index contributed by atoms with van der Waals surface area (Å²) in [5.74, 6) is 0.628. The number of hydrogen-bond acceptors (Lipinski definition) is 6. The molecule has 1 fully saturated rings. The van der Waals surface area contributed by atoms with Crippen molar-refractivity contribution >= 4 is 38.4 Å². The van der Waals surface area contributed by atoms with Gasteiger partial charge in [0.25, 0.3) is 10.0 Å². The van der Waals surface area contributed by atoms with Crippen molar-refractivity contribution in [2.24, 2.45) is 7.05 Å². The van der Waals surface area contributed by atoms with Crippen LogP contribution in [-0.4, -0.2) is 62.9 Å². The molecule has 0 atom stereocenters. The van der Waals surface area contributed by atoms with Gasteiger partial charge in [-0.25, -0.2) is 4.79 Å². The fraction of sp³-hybridized carbons (Fsp3) is 0.400. The Morgan fingerprint density at radius 2 is 1.69 bits per heavy atom. The molecule has 1 saturated heterocycles. The third-order valence-electron chi connectivity index (χ3n) is 5.89. The smallest absolute Gasteiger partial charge is 0.410 e. The van der Waals surface area contributed by atoms with Crippen LogP contribution in [0.2, 0.25) is 0 Å². The summed E-state index contributed by atoms with van der Waals surface area (Å²) in [5.41, 5.74) is 1.48. The SMILES string of the molecule is COc1ccc(NS(=O)(=O)c2cc3ccccc3n2C)cc1N1CCN(C(=O)OC(C)(C)C)CC1. The molecule has 1 aliphatic heterocycles. The average Bonchev–Trinajstić information content (AvgIpc) is 3.15. The van der Waals surface area contributed by atoms with E-state index in [9.17, 15) is 13.2 Å². The van der Waals surface area contributed by atoms with Gasteiger partial charge in [0.1, 0.15) is 11.4 Å². The predicted molar refractivity (Wildman–Crippen MR) is 137 cm³/mol. The molecule has 1 aliphatic rings. The third kappa shape index (κ3) is 5.32. The number of ether oxygens (including phenoxy) is 2. The van der Waals surface area contributed by atoms with E-state index in [1.165, 1.54) is 0 Å². The molecule has 1 aromatic heterocycles. The van der Waals surface area contributed by atoms with Crippen molar-refractivity contribution in [3.8, 4) is 5.75 Å². The molecule has 0 aliphatic carbocycles. The maximum atomic E-state index is 13.2. The van der Waals surface area contributed by atoms with Gasteiger partial charge in [-0.05, 0) is 51.1 Å². The Morgan fingerprint density at radius 3 is 2.31 bits per heavy atom. The number of anilines is 2. The fourth-order valence-corrected chi connectivity index (χ4v) is 5.47. The predicted octanol–water partition coefficient (Wildman–Crippen LogP) is 4.04. The Bertz CT molecular complexity index is 1340. The summed E-state index contributed by atoms with van der Waals surface area (Å²) < 4.78 is 41.8. The van der Waals surface area contributed by atoms with E-state index in [4.69, 9.17) is 9.47 Å². The number of benzene rings is 2. The number of fused-ring (bicyclic) bond motifs is 1. The number of hydrogen-bond donors (Lipinski definition) is 1. The van der Waals surface area contributed by atoms with Crippen molar-refractivity contribution in [1.29, 1.82) is 0 Å². The summed E-state index contributed by atoms with van der Waals surface area (Å²) in [4.78, 5) is 16.2. The van der Waals surface area contributed by atoms with Crippen LogP contribution < -0.4 is 14.4 Å². The summed E-state index contributed by atoms with van der Waals surface area (Å²) in [6.07, 6.45) is -0.333. The molecule has 188 valence electrons. The maximum absolute atomic E-state index is 13.2. The Labute approximate surface area is 206 Å². The summed E-state index contributed by atoms with van der Waals surface area (Å²) in [7, 11) is -0.511. The van der Waals surface area contributed by atoms with Gasteiger partial charge in [-0.15, -0.1) is 0 Å². The molecule has 3 aromatic rings. The summed E-state index contributed by atoms with van der Waals surface area (Å²) >= 11 is 0. The van der Waals surface area contributed by atoms with Crippen molar-refractivity contribution in [2.45, 2.75) is 31.4 Å². The maximum Gasteiger partial charge on any atom is 0.410 e. The molecular weight excluding hydrogens is 468 g/mol. The van der Waals surface area contributed by atoms with E-state index in [1.807, 2.05) is 45.0 Å². The Balaban J connectivity index is 1.53. The van der Waals surface area contributed by atoms with E-state index in [0.717, 1.165) is 16.6 Å². The van der Waals surface area contributed by atoms with Gasteiger partial charge < -0.3 is 23.8 Å². The molecule has 2 aromatic carbocycles. The van der Waals surface area contributed by atoms with Crippen molar-refractivity contribution in [2.75, 3.05) is 42.9 Å². The average molecular weight is 501 g/mol. The number of aryl methyl sites for hydroxylation is 1. The number of para-hydroxylation sites is 1. The normalized spacial score (nSPS) is 14.8. The highest BCUT2D eigenvalue weighted by Crippen LogP contribution is 2.33. The largest absolute Gasteiger partial charge is 0.495 e. The molecular formula is C25H32N4O5S. The molecule has 9 nitrogen and oxygen atoms in total. The monoisotopic (exact) mass is 500 g/mol. The molecule has 35 heavy (non-hydrogen) atoms. The molecule has 0 saturated carbocycles. The van der Waals surface area contributed by atoms with Crippen LogP contribution in [0.5, 0.6) is 5.75 Å². The van der Waals surface area contributed by atoms with E-state index >= 15 is 0 Å². The first-order valence-electron chi connectivity index (χ1n) is 11.5. The molecule has 0 spiro atoms. The number of nitrogens with one attached hydrogen (secondary N) is 1. The first-order chi connectivity index (χ1) is 16.5. The number of rotatable bonds is 5. The fourth-order valence-electron chi connectivity index (χ4n) is 4.19. The van der Waals surface area contributed by atoms with Gasteiger partial charge in [0.05, 0.1) is 18.5 Å². The van der Waals surface area contributed by atoms with Gasteiger partial charge in [0.2, 0.25) is 0 Å². The number of carbonyl (C=O) groups excluding carboxylic acids is 1. The van der Waals surface area contributed by atoms with E-state index < -0.39 is 15.6 Å². The number of aromatic nitrogens is 1. The number of piperazine rings is 1. The van der Waals surface area contributed by atoms with E-state index in [1.54, 1.807) is 47.9 Å². The topological polar surface area (TPSA) is 93.1 Å². The van der Waals surface area contributed by atoms with Crippen molar-refractivity contribution in [3.05, 3.63) is 48.5 Å². The second-order valence-electron chi connectivity index (χ2n) is 9.55. The second-order valence-corrected chi connectivity index (χ2v) is 11.2. The standard InChI is InChI=1S/C25H32N4O5S/c1-25(2,3)34-24(30)29-14-12-28(13-15-29)21-17-19(10-11-22(21)33-5)26-35(31,32)23-16-18-8-6-7-9-20(18)27(23)4/h6-11,16-17,26H,12-15H2,1-5H3. The summed E-state index contributed by atoms with van der Waals surface area (Å²) in [5, 5.41) is 1.04. The second kappa shape index (κ2) is 9.33. The third-order valence-corrected chi connectivity index (χ3v) is 7.33. The van der Waals surface area contributed by atoms with Crippen LogP contribution in [0, 0.1) is 0 Å². The van der Waals surface area contributed by atoms with E-state index in [-0.39, 0.29) is 11.1 Å². The van der Waals surface area contributed by atoms with Gasteiger partial charge in [-0.3, -0.25) is 4.72 Å². The van der Waals surface area contributed by atoms with Crippen LogP contribution in [-0.2, 0) is 21.8 Å². The quantitative estimate of drug-likeness (QED) is 0.568. The number of amides is 1. The van der Waals surface area contributed by atoms with Crippen molar-refractivity contribution in [3.63, 3.8) is 0 Å². The van der Waals surface area contributed by atoms with E-state index in [2.05, 4.69) is 9.62 Å². The first-order valence-corrected chi connectivity index (χ1v) is 12.9. The van der Waals surface area contributed by atoms with Crippen LogP contribution in [0.3, 0.4) is 0 Å². The molecule has 1 amide bonds. The molecule has 0 radical (unpaired) electrons. The summed E-state index contributed by atoms with van der Waals surface area (Å²) in [6.45, 7) is 7.64. The zero-order valence-corrected chi connectivity index (χ0v) is 21.6. The first kappa shape index (κ1) is 24.7. The zero-order valence-electron chi connectivity index (χ0n) is 20.7. The van der Waals surface area contributed by atoms with Crippen LogP contribution in [0.15, 0.2) is 53.6 Å². The lowest BCUT2D eigenvalue weighted by molar-refractivity contribution is 0.0240. The number of sulfonamides is 1. The molecule has 2 heterocycles. The Kier molecular flexibility index (Phi) is 6.59. The van der Waals surface area contributed by atoms with Gasteiger partial charge in [-0.1, -0.05) is 18.2 Å². The van der Waals surface area contributed by atoms with Gasteiger partial charge >= 0.3 is 6.09 Å². The van der Waals surface area contributed by atoms with Crippen LogP contribution in [0.25, 0.3) is 10.9 Å². The highest BCUT2D eigenvalue weighted by molar-refractivity contribution is 7.92.